The molecule has 0 heterocycles. The van der Waals surface area contributed by atoms with Gasteiger partial charge >= 0.3 is 0 Å². The van der Waals surface area contributed by atoms with E-state index in [-0.39, 0.29) is 5.54 Å². The fourth-order valence-electron chi connectivity index (χ4n) is 1.74. The molecule has 0 spiro atoms. The number of rotatable bonds is 12. The summed E-state index contributed by atoms with van der Waals surface area (Å²) in [6.45, 7) is 17.5. The van der Waals surface area contributed by atoms with Crippen molar-refractivity contribution < 1.29 is 9.47 Å². The first-order chi connectivity index (χ1) is 9.95. The van der Waals surface area contributed by atoms with Crippen LogP contribution in [0.2, 0.25) is 0 Å². The van der Waals surface area contributed by atoms with Crippen LogP contribution in [0, 0.1) is 0 Å². The number of nitrogens with zero attached hydrogens (tertiary/aromatic N) is 1. The molecule has 0 saturated carbocycles. The lowest BCUT2D eigenvalue weighted by Gasteiger charge is -2.26. The van der Waals surface area contributed by atoms with E-state index in [4.69, 9.17) is 9.47 Å². The van der Waals surface area contributed by atoms with Crippen LogP contribution in [-0.4, -0.2) is 63.5 Å². The van der Waals surface area contributed by atoms with Crippen LogP contribution in [0.3, 0.4) is 0 Å². The molecule has 0 radical (unpaired) electrons. The van der Waals surface area contributed by atoms with E-state index in [1.165, 1.54) is 0 Å². The monoisotopic (exact) mass is 304 g/mol. The molecular formula is C17H40N2O2. The zero-order valence-electron chi connectivity index (χ0n) is 15.8. The normalized spacial score (nSPS) is 13.0. The molecule has 0 amide bonds. The van der Waals surface area contributed by atoms with E-state index in [1.807, 2.05) is 20.9 Å². The zero-order valence-corrected chi connectivity index (χ0v) is 15.8. The number of hydrogen-bond donors (Lipinski definition) is 1. The molecule has 21 heavy (non-hydrogen) atoms. The summed E-state index contributed by atoms with van der Waals surface area (Å²) in [7, 11) is 3.75. The number of ether oxygens (including phenoxy) is 2. The van der Waals surface area contributed by atoms with Gasteiger partial charge in [0, 0.05) is 32.3 Å². The van der Waals surface area contributed by atoms with Gasteiger partial charge in [-0.3, -0.25) is 0 Å². The Kier molecular flexibility index (Phi) is 16.2. The van der Waals surface area contributed by atoms with Crippen LogP contribution < -0.4 is 5.32 Å². The number of methoxy groups -OCH3 is 1. The van der Waals surface area contributed by atoms with Crippen molar-refractivity contribution in [2.75, 3.05) is 47.0 Å². The second-order valence-corrected chi connectivity index (χ2v) is 5.78. The molecule has 1 atom stereocenters. The maximum atomic E-state index is 5.88. The van der Waals surface area contributed by atoms with Gasteiger partial charge in [-0.25, -0.2) is 0 Å². The van der Waals surface area contributed by atoms with Crippen molar-refractivity contribution in [2.45, 2.75) is 66.0 Å². The second-order valence-electron chi connectivity index (χ2n) is 5.78. The van der Waals surface area contributed by atoms with Gasteiger partial charge in [0.15, 0.2) is 0 Å². The highest BCUT2D eigenvalue weighted by molar-refractivity contribution is 4.74. The topological polar surface area (TPSA) is 33.7 Å². The SMILES string of the molecule is CC.CCN(CCOC)CCC(C)OCCC(C)(C)NC. The molecule has 0 aromatic rings. The molecule has 0 aromatic carbocycles. The van der Waals surface area contributed by atoms with Crippen LogP contribution in [-0.2, 0) is 9.47 Å². The van der Waals surface area contributed by atoms with Gasteiger partial charge < -0.3 is 19.7 Å². The first kappa shape index (κ1) is 23.1. The molecule has 130 valence electrons. The maximum Gasteiger partial charge on any atom is 0.0589 e. The van der Waals surface area contributed by atoms with Crippen LogP contribution in [0.1, 0.15) is 54.4 Å². The molecule has 0 aliphatic heterocycles. The Hall–Kier alpha value is -0.160. The minimum atomic E-state index is 0.160. The van der Waals surface area contributed by atoms with Crippen LogP contribution in [0.15, 0.2) is 0 Å². The fraction of sp³-hybridized carbons (Fsp3) is 1.00. The van der Waals surface area contributed by atoms with Crippen molar-refractivity contribution in [3.63, 3.8) is 0 Å². The first-order valence-corrected chi connectivity index (χ1v) is 8.47. The molecular weight excluding hydrogens is 264 g/mol. The van der Waals surface area contributed by atoms with Crippen LogP contribution in [0.4, 0.5) is 0 Å². The summed E-state index contributed by atoms with van der Waals surface area (Å²) in [5, 5.41) is 3.30. The summed E-state index contributed by atoms with van der Waals surface area (Å²) >= 11 is 0. The molecule has 0 aliphatic carbocycles. The van der Waals surface area contributed by atoms with Gasteiger partial charge in [0.2, 0.25) is 0 Å². The number of likely N-dealkylation sites (N-methyl/N-ethyl adjacent to an activating group) is 1. The van der Waals surface area contributed by atoms with Crippen molar-refractivity contribution in [1.82, 2.24) is 10.2 Å². The van der Waals surface area contributed by atoms with Crippen molar-refractivity contribution in [2.24, 2.45) is 0 Å². The quantitative estimate of drug-likeness (QED) is 0.600. The zero-order chi connectivity index (χ0) is 16.7. The van der Waals surface area contributed by atoms with Crippen molar-refractivity contribution in [1.29, 1.82) is 0 Å². The summed E-state index contributed by atoms with van der Waals surface area (Å²) in [6, 6.07) is 0. The Morgan fingerprint density at radius 3 is 2.24 bits per heavy atom. The van der Waals surface area contributed by atoms with E-state index < -0.39 is 0 Å². The standard InChI is InChI=1S/C15H34N2O2.C2H6/c1-7-17(11-13-18-6)10-8-14(2)19-12-9-15(3,4)16-5;1-2/h14,16H,7-13H2,1-6H3;1-2H3. The van der Waals surface area contributed by atoms with Gasteiger partial charge in [0.05, 0.1) is 12.7 Å². The minimum Gasteiger partial charge on any atom is -0.383 e. The van der Waals surface area contributed by atoms with Gasteiger partial charge in [-0.1, -0.05) is 20.8 Å². The Morgan fingerprint density at radius 1 is 1.14 bits per heavy atom. The summed E-state index contributed by atoms with van der Waals surface area (Å²) in [5.41, 5.74) is 0.160. The predicted molar refractivity (Wildman–Crippen MR) is 93.1 cm³/mol. The summed E-state index contributed by atoms with van der Waals surface area (Å²) in [4.78, 5) is 2.40. The Labute approximate surface area is 133 Å². The molecule has 0 rings (SSSR count). The van der Waals surface area contributed by atoms with Gasteiger partial charge in [-0.05, 0) is 47.2 Å². The van der Waals surface area contributed by atoms with Crippen LogP contribution >= 0.6 is 0 Å². The van der Waals surface area contributed by atoms with Crippen LogP contribution in [0.25, 0.3) is 0 Å². The molecule has 0 aliphatic rings. The Morgan fingerprint density at radius 2 is 1.76 bits per heavy atom. The van der Waals surface area contributed by atoms with Crippen molar-refractivity contribution in [3.8, 4) is 0 Å². The Bertz CT molecular complexity index is 211. The van der Waals surface area contributed by atoms with E-state index in [1.54, 1.807) is 7.11 Å². The van der Waals surface area contributed by atoms with Gasteiger partial charge in [-0.2, -0.15) is 0 Å². The molecule has 0 fully saturated rings. The number of hydrogen-bond acceptors (Lipinski definition) is 4. The molecule has 1 N–H and O–H groups in total. The minimum absolute atomic E-state index is 0.160. The second kappa shape index (κ2) is 14.8. The third-order valence-electron chi connectivity index (χ3n) is 3.72. The maximum absolute atomic E-state index is 5.88. The van der Waals surface area contributed by atoms with E-state index >= 15 is 0 Å². The van der Waals surface area contributed by atoms with Gasteiger partial charge in [0.25, 0.3) is 0 Å². The van der Waals surface area contributed by atoms with Crippen molar-refractivity contribution in [3.05, 3.63) is 0 Å². The molecule has 4 nitrogen and oxygen atoms in total. The van der Waals surface area contributed by atoms with Crippen LogP contribution in [0.5, 0.6) is 0 Å². The largest absolute Gasteiger partial charge is 0.383 e. The highest BCUT2D eigenvalue weighted by Crippen LogP contribution is 2.09. The van der Waals surface area contributed by atoms with Crippen molar-refractivity contribution >= 4 is 0 Å². The average molecular weight is 305 g/mol. The van der Waals surface area contributed by atoms with E-state index in [9.17, 15) is 0 Å². The summed E-state index contributed by atoms with van der Waals surface area (Å²) < 4.78 is 11.0. The lowest BCUT2D eigenvalue weighted by Crippen LogP contribution is -2.37. The molecule has 0 bridgehead atoms. The Balaban J connectivity index is 0. The highest BCUT2D eigenvalue weighted by Gasteiger charge is 2.15. The number of nitrogens with one attached hydrogen (secondary N) is 1. The van der Waals surface area contributed by atoms with E-state index in [0.29, 0.717) is 6.10 Å². The molecule has 0 aromatic heterocycles. The smallest absolute Gasteiger partial charge is 0.0589 e. The van der Waals surface area contributed by atoms with Gasteiger partial charge in [0.1, 0.15) is 0 Å². The summed E-state index contributed by atoms with van der Waals surface area (Å²) in [6.07, 6.45) is 2.44. The average Bonchev–Trinajstić information content (AvgIpc) is 2.49. The lowest BCUT2D eigenvalue weighted by atomic mass is 10.0. The predicted octanol–water partition coefficient (Wildman–Crippen LogP) is 3.16. The lowest BCUT2D eigenvalue weighted by molar-refractivity contribution is 0.0395. The molecule has 0 saturated heterocycles. The van der Waals surface area contributed by atoms with E-state index in [2.05, 4.69) is 37.9 Å². The fourth-order valence-corrected chi connectivity index (χ4v) is 1.74. The third-order valence-corrected chi connectivity index (χ3v) is 3.72. The summed E-state index contributed by atoms with van der Waals surface area (Å²) in [5.74, 6) is 0. The first-order valence-electron chi connectivity index (χ1n) is 8.47. The van der Waals surface area contributed by atoms with E-state index in [0.717, 1.165) is 45.7 Å². The molecule has 4 heteroatoms. The third kappa shape index (κ3) is 14.5. The molecule has 1 unspecified atom stereocenters. The van der Waals surface area contributed by atoms with Gasteiger partial charge in [-0.15, -0.1) is 0 Å². The highest BCUT2D eigenvalue weighted by atomic mass is 16.5.